The van der Waals surface area contributed by atoms with Crippen molar-refractivity contribution in [2.24, 2.45) is 0 Å². The van der Waals surface area contributed by atoms with E-state index in [1.54, 1.807) is 48.5 Å². The van der Waals surface area contributed by atoms with Gasteiger partial charge in [-0.05, 0) is 81.1 Å². The van der Waals surface area contributed by atoms with Crippen LogP contribution >= 0.6 is 0 Å². The lowest BCUT2D eigenvalue weighted by Crippen LogP contribution is -2.53. The van der Waals surface area contributed by atoms with Crippen LogP contribution in [0.5, 0.6) is 11.5 Å². The molecule has 1 unspecified atom stereocenters. The lowest BCUT2D eigenvalue weighted by atomic mass is 9.90. The quantitative estimate of drug-likeness (QED) is 0.269. The molecule has 2 amide bonds. The Hall–Kier alpha value is -4.33. The molecule has 8 heteroatoms. The van der Waals surface area contributed by atoms with Gasteiger partial charge in [0.05, 0.1) is 0 Å². The van der Waals surface area contributed by atoms with E-state index in [9.17, 15) is 19.5 Å². The van der Waals surface area contributed by atoms with Crippen molar-refractivity contribution in [3.05, 3.63) is 95.6 Å². The second-order valence-electron chi connectivity index (χ2n) is 12.0. The number of aliphatic carboxylic acids is 1. The molecular weight excluding hydrogens is 544 g/mol. The molecular formula is C35H42N2O6. The molecule has 0 radical (unpaired) electrons. The second-order valence-corrected chi connectivity index (χ2v) is 12.0. The Morgan fingerprint density at radius 2 is 1.44 bits per heavy atom. The number of rotatable bonds is 12. The van der Waals surface area contributed by atoms with E-state index in [4.69, 9.17) is 9.47 Å². The summed E-state index contributed by atoms with van der Waals surface area (Å²) in [6.07, 6.45) is 5.62. The monoisotopic (exact) mass is 586 g/mol. The molecule has 3 aromatic rings. The van der Waals surface area contributed by atoms with Crippen molar-refractivity contribution < 1.29 is 29.0 Å². The van der Waals surface area contributed by atoms with Crippen LogP contribution in [0.3, 0.4) is 0 Å². The minimum atomic E-state index is -1.13. The minimum Gasteiger partial charge on any atom is -0.489 e. The molecule has 0 heterocycles. The molecule has 0 saturated heterocycles. The highest BCUT2D eigenvalue weighted by molar-refractivity contribution is 5.96. The fourth-order valence-electron chi connectivity index (χ4n) is 5.52. The normalized spacial score (nSPS) is 14.4. The van der Waals surface area contributed by atoms with Crippen molar-refractivity contribution in [3.8, 4) is 11.5 Å². The number of hydrogen-bond acceptors (Lipinski definition) is 5. The molecule has 2 N–H and O–H groups in total. The fourth-order valence-corrected chi connectivity index (χ4v) is 5.52. The highest BCUT2D eigenvalue weighted by Crippen LogP contribution is 2.28. The van der Waals surface area contributed by atoms with Gasteiger partial charge in [0.1, 0.15) is 24.1 Å². The van der Waals surface area contributed by atoms with E-state index in [-0.39, 0.29) is 30.5 Å². The third-order valence-corrected chi connectivity index (χ3v) is 7.62. The van der Waals surface area contributed by atoms with Crippen molar-refractivity contribution in [1.82, 2.24) is 10.2 Å². The second kappa shape index (κ2) is 14.7. The van der Waals surface area contributed by atoms with Gasteiger partial charge in [-0.25, -0.2) is 4.79 Å². The van der Waals surface area contributed by atoms with Crippen LogP contribution in [0.2, 0.25) is 0 Å². The molecule has 0 aromatic heterocycles. The third-order valence-electron chi connectivity index (χ3n) is 7.62. The van der Waals surface area contributed by atoms with Crippen LogP contribution in [0.4, 0.5) is 0 Å². The number of nitrogens with zero attached hydrogens (tertiary/aromatic N) is 1. The van der Waals surface area contributed by atoms with Crippen LogP contribution < -0.4 is 14.8 Å². The van der Waals surface area contributed by atoms with Gasteiger partial charge in [-0.1, -0.05) is 61.7 Å². The van der Waals surface area contributed by atoms with E-state index in [2.05, 4.69) is 5.32 Å². The molecule has 228 valence electrons. The average molecular weight is 587 g/mol. The molecule has 43 heavy (non-hydrogen) atoms. The summed E-state index contributed by atoms with van der Waals surface area (Å²) in [6, 6.07) is 22.5. The summed E-state index contributed by atoms with van der Waals surface area (Å²) in [4.78, 5) is 39.9. The number of amides is 2. The summed E-state index contributed by atoms with van der Waals surface area (Å²) in [7, 11) is 0. The summed E-state index contributed by atoms with van der Waals surface area (Å²) in [5, 5.41) is 12.4. The number of carboxylic acid groups (broad SMARTS) is 1. The van der Waals surface area contributed by atoms with Gasteiger partial charge in [0.15, 0.2) is 6.61 Å². The third kappa shape index (κ3) is 9.33. The Bertz CT molecular complexity index is 1340. The van der Waals surface area contributed by atoms with E-state index in [0.29, 0.717) is 23.7 Å². The molecule has 1 saturated carbocycles. The van der Waals surface area contributed by atoms with Gasteiger partial charge in [0.25, 0.3) is 11.8 Å². The van der Waals surface area contributed by atoms with Crippen molar-refractivity contribution in [2.45, 2.75) is 83.5 Å². The summed E-state index contributed by atoms with van der Waals surface area (Å²) in [5.74, 6) is -0.549. The highest BCUT2D eigenvalue weighted by Gasteiger charge is 2.34. The smallest absolute Gasteiger partial charge is 0.326 e. The Morgan fingerprint density at radius 3 is 2.05 bits per heavy atom. The number of hydrogen-bond donors (Lipinski definition) is 2. The van der Waals surface area contributed by atoms with Crippen LogP contribution in [-0.4, -0.2) is 52.0 Å². The summed E-state index contributed by atoms with van der Waals surface area (Å²) >= 11 is 0. The molecule has 1 aliphatic carbocycles. The maximum Gasteiger partial charge on any atom is 0.326 e. The first kappa shape index (κ1) is 31.6. The zero-order chi connectivity index (χ0) is 30.8. The summed E-state index contributed by atoms with van der Waals surface area (Å²) in [5.41, 5.74) is 1.80. The number of ether oxygens (including phenoxy) is 2. The van der Waals surface area contributed by atoms with Crippen molar-refractivity contribution >= 4 is 17.8 Å². The van der Waals surface area contributed by atoms with Gasteiger partial charge >= 0.3 is 5.97 Å². The molecule has 3 aromatic carbocycles. The lowest BCUT2D eigenvalue weighted by Gasteiger charge is -2.43. The van der Waals surface area contributed by atoms with Crippen molar-refractivity contribution in [2.75, 3.05) is 6.61 Å². The Labute approximate surface area is 254 Å². The van der Waals surface area contributed by atoms with Gasteiger partial charge in [-0.15, -0.1) is 0 Å². The average Bonchev–Trinajstić information content (AvgIpc) is 3.00. The zero-order valence-electron chi connectivity index (χ0n) is 25.3. The van der Waals surface area contributed by atoms with Crippen LogP contribution in [0, 0.1) is 0 Å². The molecule has 0 aliphatic heterocycles. The van der Waals surface area contributed by atoms with Crippen LogP contribution in [0.15, 0.2) is 78.9 Å². The molecule has 1 atom stereocenters. The molecule has 0 spiro atoms. The van der Waals surface area contributed by atoms with Crippen LogP contribution in [-0.2, 0) is 22.6 Å². The number of nitrogens with one attached hydrogen (secondary N) is 1. The van der Waals surface area contributed by atoms with Gasteiger partial charge in [-0.3, -0.25) is 9.59 Å². The maximum absolute atomic E-state index is 13.2. The SMILES string of the molecule is CC(C)(C)N(C(=O)COc1ccc(C(=O)NC(Cc2ccc(OCc3ccccc3)cc2)C(=O)O)cc1)C1CCCCC1. The summed E-state index contributed by atoms with van der Waals surface area (Å²) in [6.45, 7) is 6.50. The molecule has 8 nitrogen and oxygen atoms in total. The highest BCUT2D eigenvalue weighted by atomic mass is 16.5. The number of carbonyl (C=O) groups excluding carboxylic acids is 2. The predicted octanol–water partition coefficient (Wildman–Crippen LogP) is 6.03. The van der Waals surface area contributed by atoms with Crippen molar-refractivity contribution in [3.63, 3.8) is 0 Å². The van der Waals surface area contributed by atoms with E-state index < -0.39 is 17.9 Å². The first-order valence-corrected chi connectivity index (χ1v) is 14.9. The predicted molar refractivity (Wildman–Crippen MR) is 165 cm³/mol. The number of benzene rings is 3. The topological polar surface area (TPSA) is 105 Å². The van der Waals surface area contributed by atoms with Crippen LogP contribution in [0.25, 0.3) is 0 Å². The molecule has 4 rings (SSSR count). The van der Waals surface area contributed by atoms with Gasteiger partial charge in [-0.2, -0.15) is 0 Å². The number of carboxylic acids is 1. The maximum atomic E-state index is 13.2. The first-order chi connectivity index (χ1) is 20.6. The van der Waals surface area contributed by atoms with E-state index in [0.717, 1.165) is 36.8 Å². The summed E-state index contributed by atoms with van der Waals surface area (Å²) < 4.78 is 11.6. The first-order valence-electron chi connectivity index (χ1n) is 14.9. The van der Waals surface area contributed by atoms with Gasteiger partial charge in [0, 0.05) is 23.6 Å². The van der Waals surface area contributed by atoms with E-state index in [1.165, 1.54) is 6.42 Å². The van der Waals surface area contributed by atoms with Gasteiger partial charge in [0.2, 0.25) is 0 Å². The van der Waals surface area contributed by atoms with Crippen molar-refractivity contribution in [1.29, 1.82) is 0 Å². The van der Waals surface area contributed by atoms with Gasteiger partial charge < -0.3 is 24.8 Å². The Morgan fingerprint density at radius 1 is 0.837 bits per heavy atom. The largest absolute Gasteiger partial charge is 0.489 e. The molecule has 0 bridgehead atoms. The zero-order valence-corrected chi connectivity index (χ0v) is 25.3. The van der Waals surface area contributed by atoms with E-state index in [1.807, 2.05) is 56.0 Å². The van der Waals surface area contributed by atoms with E-state index >= 15 is 0 Å². The molecule has 1 fully saturated rings. The Kier molecular flexibility index (Phi) is 10.8. The van der Waals surface area contributed by atoms with Crippen LogP contribution in [0.1, 0.15) is 74.4 Å². The standard InChI is InChI=1S/C35H42N2O6/c1-35(2,3)37(28-12-8-5-9-13-28)32(38)24-43-30-20-16-27(17-21-30)33(39)36-31(34(40)41)22-25-14-18-29(19-15-25)42-23-26-10-6-4-7-11-26/h4,6-7,10-11,14-21,28,31H,5,8-9,12-13,22-24H2,1-3H3,(H,36,39)(H,40,41). The fraction of sp³-hybridized carbons (Fsp3) is 0.400. The molecule has 1 aliphatic rings. The number of carbonyl (C=O) groups is 3. The lowest BCUT2D eigenvalue weighted by molar-refractivity contribution is -0.142. The Balaban J connectivity index is 1.29. The minimum absolute atomic E-state index is 0.0543.